The zero-order chi connectivity index (χ0) is 13.0. The van der Waals surface area contributed by atoms with Crippen LogP contribution in [-0.2, 0) is 0 Å². The van der Waals surface area contributed by atoms with Crippen LogP contribution in [0.2, 0.25) is 0 Å². The molecule has 5 nitrogen and oxygen atoms in total. The summed E-state index contributed by atoms with van der Waals surface area (Å²) in [5.74, 6) is 1.61. The lowest BCUT2D eigenvalue weighted by atomic mass is 10.1. The maximum Gasteiger partial charge on any atom is 0.145 e. The molecule has 0 saturated carbocycles. The summed E-state index contributed by atoms with van der Waals surface area (Å²) in [6, 6.07) is 3.78. The van der Waals surface area contributed by atoms with E-state index in [1.807, 2.05) is 13.1 Å². The highest BCUT2D eigenvalue weighted by molar-refractivity contribution is 5.40. The van der Waals surface area contributed by atoms with Gasteiger partial charge in [-0.3, -0.25) is 0 Å². The molecule has 1 aromatic rings. The number of likely N-dealkylation sites (tertiary alicyclic amines) is 1. The van der Waals surface area contributed by atoms with Crippen LogP contribution in [0, 0.1) is 17.2 Å². The standard InChI is InChI=1S/C13H19N5/c1-17-5-3-11(9-17)4-6-18(2)13-7-12(8-14)15-10-16-13/h7,10-11H,3-6,9H2,1-2H3. The first-order valence-electron chi connectivity index (χ1n) is 6.31. The van der Waals surface area contributed by atoms with E-state index in [2.05, 4.69) is 26.8 Å². The fraction of sp³-hybridized carbons (Fsp3) is 0.615. The van der Waals surface area contributed by atoms with Crippen LogP contribution in [0.1, 0.15) is 18.5 Å². The molecule has 0 radical (unpaired) electrons. The lowest BCUT2D eigenvalue weighted by molar-refractivity contribution is 0.389. The van der Waals surface area contributed by atoms with Crippen molar-refractivity contribution >= 4 is 5.82 Å². The molecule has 0 aliphatic carbocycles. The molecule has 0 bridgehead atoms. The van der Waals surface area contributed by atoms with E-state index in [0.717, 1.165) is 18.3 Å². The lowest BCUT2D eigenvalue weighted by Gasteiger charge is -2.20. The number of rotatable bonds is 4. The van der Waals surface area contributed by atoms with Gasteiger partial charge in [0.05, 0.1) is 0 Å². The fourth-order valence-electron chi connectivity index (χ4n) is 2.37. The highest BCUT2D eigenvalue weighted by atomic mass is 15.2. The molecule has 2 heterocycles. The van der Waals surface area contributed by atoms with Gasteiger partial charge in [0.25, 0.3) is 0 Å². The first kappa shape index (κ1) is 12.8. The third-order valence-corrected chi connectivity index (χ3v) is 3.52. The average molecular weight is 245 g/mol. The minimum Gasteiger partial charge on any atom is -0.360 e. The molecule has 0 aromatic carbocycles. The van der Waals surface area contributed by atoms with E-state index in [9.17, 15) is 0 Å². The zero-order valence-corrected chi connectivity index (χ0v) is 11.0. The summed E-state index contributed by atoms with van der Waals surface area (Å²) in [6.07, 6.45) is 3.91. The monoisotopic (exact) mass is 245 g/mol. The van der Waals surface area contributed by atoms with Crippen LogP contribution in [0.5, 0.6) is 0 Å². The summed E-state index contributed by atoms with van der Waals surface area (Å²) in [4.78, 5) is 12.6. The van der Waals surface area contributed by atoms with Crippen molar-refractivity contribution < 1.29 is 0 Å². The summed E-state index contributed by atoms with van der Waals surface area (Å²) >= 11 is 0. The van der Waals surface area contributed by atoms with Gasteiger partial charge in [-0.15, -0.1) is 0 Å². The van der Waals surface area contributed by atoms with E-state index in [-0.39, 0.29) is 0 Å². The van der Waals surface area contributed by atoms with Crippen LogP contribution in [0.25, 0.3) is 0 Å². The van der Waals surface area contributed by atoms with E-state index in [0.29, 0.717) is 5.69 Å². The van der Waals surface area contributed by atoms with Crippen LogP contribution in [0.15, 0.2) is 12.4 Å². The molecule has 1 saturated heterocycles. The van der Waals surface area contributed by atoms with Crippen molar-refractivity contribution in [1.82, 2.24) is 14.9 Å². The Morgan fingerprint density at radius 2 is 2.39 bits per heavy atom. The normalized spacial score (nSPS) is 19.7. The first-order valence-corrected chi connectivity index (χ1v) is 6.31. The van der Waals surface area contributed by atoms with Crippen LogP contribution in [0.4, 0.5) is 5.82 Å². The van der Waals surface area contributed by atoms with Gasteiger partial charge in [-0.05, 0) is 32.4 Å². The molecule has 2 rings (SSSR count). The van der Waals surface area contributed by atoms with E-state index in [1.165, 1.54) is 32.3 Å². The highest BCUT2D eigenvalue weighted by Gasteiger charge is 2.19. The Labute approximate surface area is 108 Å². The van der Waals surface area contributed by atoms with Crippen molar-refractivity contribution in [3.05, 3.63) is 18.1 Å². The summed E-state index contributed by atoms with van der Waals surface area (Å²) < 4.78 is 0. The predicted octanol–water partition coefficient (Wildman–Crippen LogP) is 1.13. The van der Waals surface area contributed by atoms with Gasteiger partial charge in [-0.2, -0.15) is 5.26 Å². The molecule has 1 atom stereocenters. The number of nitrogens with zero attached hydrogens (tertiary/aromatic N) is 5. The van der Waals surface area contributed by atoms with E-state index >= 15 is 0 Å². The fourth-order valence-corrected chi connectivity index (χ4v) is 2.37. The van der Waals surface area contributed by atoms with Crippen LogP contribution >= 0.6 is 0 Å². The van der Waals surface area contributed by atoms with Crippen LogP contribution < -0.4 is 4.90 Å². The molecule has 96 valence electrons. The summed E-state index contributed by atoms with van der Waals surface area (Å²) in [5, 5.41) is 8.81. The van der Waals surface area contributed by atoms with Gasteiger partial charge in [0.1, 0.15) is 23.9 Å². The summed E-state index contributed by atoms with van der Waals surface area (Å²) in [5.41, 5.74) is 0.424. The Morgan fingerprint density at radius 1 is 1.56 bits per heavy atom. The molecule has 0 N–H and O–H groups in total. The predicted molar refractivity (Wildman–Crippen MR) is 70.2 cm³/mol. The molecular formula is C13H19N5. The second-order valence-electron chi connectivity index (χ2n) is 5.00. The van der Waals surface area contributed by atoms with Crippen LogP contribution in [-0.4, -0.2) is 48.6 Å². The zero-order valence-electron chi connectivity index (χ0n) is 11.0. The molecule has 1 aliphatic rings. The Hall–Kier alpha value is -1.67. The molecule has 0 spiro atoms. The first-order chi connectivity index (χ1) is 8.69. The van der Waals surface area contributed by atoms with E-state index in [1.54, 1.807) is 6.07 Å². The smallest absolute Gasteiger partial charge is 0.145 e. The maximum atomic E-state index is 8.81. The topological polar surface area (TPSA) is 56.0 Å². The van der Waals surface area contributed by atoms with Gasteiger partial charge in [-0.25, -0.2) is 9.97 Å². The molecule has 1 fully saturated rings. The minimum absolute atomic E-state index is 0.424. The SMILES string of the molecule is CN1CCC(CCN(C)c2cc(C#N)ncn2)C1. The molecule has 1 aromatic heterocycles. The Kier molecular flexibility index (Phi) is 4.11. The lowest BCUT2D eigenvalue weighted by Crippen LogP contribution is -2.23. The second kappa shape index (κ2) is 5.78. The van der Waals surface area contributed by atoms with E-state index in [4.69, 9.17) is 5.26 Å². The van der Waals surface area contributed by atoms with Crippen molar-refractivity contribution in [2.24, 2.45) is 5.92 Å². The molecule has 1 unspecified atom stereocenters. The number of anilines is 1. The number of aromatic nitrogens is 2. The average Bonchev–Trinajstić information content (AvgIpc) is 2.82. The molecular weight excluding hydrogens is 226 g/mol. The largest absolute Gasteiger partial charge is 0.360 e. The van der Waals surface area contributed by atoms with Crippen molar-refractivity contribution in [3.63, 3.8) is 0 Å². The van der Waals surface area contributed by atoms with Gasteiger partial charge in [0, 0.05) is 26.2 Å². The molecule has 18 heavy (non-hydrogen) atoms. The van der Waals surface area contributed by atoms with Gasteiger partial charge in [-0.1, -0.05) is 0 Å². The number of hydrogen-bond acceptors (Lipinski definition) is 5. The second-order valence-corrected chi connectivity index (χ2v) is 5.00. The Bertz CT molecular complexity index is 439. The van der Waals surface area contributed by atoms with Crippen molar-refractivity contribution in [2.45, 2.75) is 12.8 Å². The molecule has 5 heteroatoms. The van der Waals surface area contributed by atoms with Crippen molar-refractivity contribution in [1.29, 1.82) is 5.26 Å². The third kappa shape index (κ3) is 3.17. The van der Waals surface area contributed by atoms with Crippen LogP contribution in [0.3, 0.4) is 0 Å². The van der Waals surface area contributed by atoms with E-state index < -0.39 is 0 Å². The van der Waals surface area contributed by atoms with Gasteiger partial charge < -0.3 is 9.80 Å². The third-order valence-electron chi connectivity index (χ3n) is 3.52. The minimum atomic E-state index is 0.424. The Balaban J connectivity index is 1.87. The quantitative estimate of drug-likeness (QED) is 0.796. The van der Waals surface area contributed by atoms with Gasteiger partial charge >= 0.3 is 0 Å². The molecule has 1 aliphatic heterocycles. The Morgan fingerprint density at radius 3 is 3.06 bits per heavy atom. The van der Waals surface area contributed by atoms with Crippen molar-refractivity contribution in [3.8, 4) is 6.07 Å². The summed E-state index contributed by atoms with van der Waals surface area (Å²) in [7, 11) is 4.19. The highest BCUT2D eigenvalue weighted by Crippen LogP contribution is 2.19. The van der Waals surface area contributed by atoms with Gasteiger partial charge in [0.2, 0.25) is 0 Å². The summed E-state index contributed by atoms with van der Waals surface area (Å²) in [6.45, 7) is 3.38. The maximum absolute atomic E-state index is 8.81. The number of nitriles is 1. The van der Waals surface area contributed by atoms with Crippen molar-refractivity contribution in [2.75, 3.05) is 38.6 Å². The molecule has 0 amide bonds. The number of hydrogen-bond donors (Lipinski definition) is 0. The van der Waals surface area contributed by atoms with Gasteiger partial charge in [0.15, 0.2) is 0 Å².